The van der Waals surface area contributed by atoms with Gasteiger partial charge in [-0.1, -0.05) is 68.7 Å². The highest BCUT2D eigenvalue weighted by Gasteiger charge is 2.40. The van der Waals surface area contributed by atoms with Crippen LogP contribution in [0.2, 0.25) is 0 Å². The van der Waals surface area contributed by atoms with Gasteiger partial charge in [0.25, 0.3) is 0 Å². The Kier molecular flexibility index (Phi) is 30.4. The van der Waals surface area contributed by atoms with Gasteiger partial charge in [0.05, 0.1) is 30.3 Å². The van der Waals surface area contributed by atoms with Crippen LogP contribution in [0.25, 0.3) is 0 Å². The van der Waals surface area contributed by atoms with Crippen molar-refractivity contribution in [3.05, 3.63) is 65.7 Å². The summed E-state index contributed by atoms with van der Waals surface area (Å²) in [5.74, 6) is -10.4. The van der Waals surface area contributed by atoms with Gasteiger partial charge in [0, 0.05) is 82.2 Å². The minimum absolute atomic E-state index is 0.0112. The molecule has 2 saturated heterocycles. The number of phenols is 1. The number of nitrogens with one attached hydrogen (secondary N) is 6. The summed E-state index contributed by atoms with van der Waals surface area (Å²) in [4.78, 5) is 175. The van der Waals surface area contributed by atoms with Crippen LogP contribution in [0.5, 0.6) is 5.75 Å². The molecule has 470 valence electrons. The summed E-state index contributed by atoms with van der Waals surface area (Å²) in [6.45, 7) is 1.16. The van der Waals surface area contributed by atoms with Crippen LogP contribution in [-0.4, -0.2) is 159 Å². The number of carbonyl (C=O) groups is 13. The number of guanidine groups is 1. The number of nitrogens with zero attached hydrogens (tertiary/aromatic N) is 2. The average molecular weight is 1220 g/mol. The van der Waals surface area contributed by atoms with Crippen LogP contribution in [-0.2, 0) is 75.2 Å². The lowest BCUT2D eigenvalue weighted by Gasteiger charge is -2.24. The van der Waals surface area contributed by atoms with Crippen molar-refractivity contribution in [2.75, 3.05) is 31.9 Å². The fourth-order valence-corrected chi connectivity index (χ4v) is 11.0. The number of aliphatic imine (C=N–C) groups is 1. The number of hydrogen-bond acceptors (Lipinski definition) is 16. The molecule has 0 aromatic heterocycles. The first-order valence-electron chi connectivity index (χ1n) is 29.2. The molecule has 2 aromatic rings. The van der Waals surface area contributed by atoms with E-state index in [-0.39, 0.29) is 126 Å². The number of hydrogen-bond donors (Lipinski definition) is 11. The predicted molar refractivity (Wildman–Crippen MR) is 317 cm³/mol. The quantitative estimate of drug-likeness (QED) is 0.0198. The molecule has 0 radical (unpaired) electrons. The van der Waals surface area contributed by atoms with Crippen LogP contribution in [0.15, 0.2) is 59.6 Å². The molecule has 4 rings (SSSR count). The Morgan fingerprint density at radius 2 is 1.37 bits per heavy atom. The number of imide groups is 1. The van der Waals surface area contributed by atoms with Gasteiger partial charge in [-0.05, 0) is 81.0 Å². The molecule has 7 atom stereocenters. The molecule has 14 N–H and O–H groups in total. The molecule has 2 aromatic carbocycles. The second-order valence-corrected chi connectivity index (χ2v) is 22.8. The number of aliphatic carboxylic acids is 1. The molecule has 0 saturated carbocycles. The second-order valence-electron chi connectivity index (χ2n) is 21.5. The molecule has 2 aliphatic rings. The molecule has 27 heteroatoms. The molecule has 2 heterocycles. The van der Waals surface area contributed by atoms with Gasteiger partial charge in [-0.15, -0.1) is 11.8 Å². The number of benzene rings is 2. The Labute approximate surface area is 503 Å². The fraction of sp³-hybridized carbons (Fsp3) is 0.559. The third kappa shape index (κ3) is 25.9. The lowest BCUT2D eigenvalue weighted by Crippen LogP contribution is -2.51. The molecule has 0 bridgehead atoms. The van der Waals surface area contributed by atoms with E-state index in [1.54, 1.807) is 42.5 Å². The van der Waals surface area contributed by atoms with Crippen LogP contribution < -0.4 is 49.1 Å². The van der Waals surface area contributed by atoms with Crippen LogP contribution in [0, 0.1) is 11.8 Å². The molecule has 2 unspecified atom stereocenters. The molecule has 9 amide bonds. The number of aromatic hydroxyl groups is 1. The Balaban J connectivity index is 1.26. The Hall–Kier alpha value is -8.23. The normalized spacial score (nSPS) is 19.4. The first-order chi connectivity index (χ1) is 41.0. The molecular weight excluding hydrogens is 1130 g/mol. The number of phenolic OH excluding ortho intramolecular Hbond substituents is 1. The number of unbranched alkanes of at least 4 members (excludes halogenated alkanes) is 4. The van der Waals surface area contributed by atoms with Crippen LogP contribution >= 0.6 is 11.8 Å². The molecule has 86 heavy (non-hydrogen) atoms. The number of likely N-dealkylation sites (tertiary alicyclic amines) is 1. The Morgan fingerprint density at radius 3 is 2.05 bits per heavy atom. The fourth-order valence-electron chi connectivity index (χ4n) is 9.79. The first kappa shape index (κ1) is 70.3. The maximum atomic E-state index is 14.3. The van der Waals surface area contributed by atoms with Crippen molar-refractivity contribution < 1.29 is 72.5 Å². The number of amides is 9. The van der Waals surface area contributed by atoms with Gasteiger partial charge in [0.2, 0.25) is 53.2 Å². The van der Waals surface area contributed by atoms with Crippen LogP contribution in [0.4, 0.5) is 0 Å². The standard InChI is InChI=1S/C59H83N11O15S/c1-2-13-50(76)66-42(29-37-20-22-40(71)23-21-37)45(72)18-8-3-4-9-19-51(77)68-44(55(60)82)35-86-48-33-53(79)70(58(48)85)27-24-49(75)63-25-11-10-16-38-30-46(73)39(28-36-14-6-5-7-15-36)31-47(74)43(32-54(80)81)67-52(78)34-65-57(84)41(69-56(38)83)17-12-26-64-59(61)62/h5-7,14-15,20-23,38-39,41-44,48,71H,2-4,8-13,16-19,24-35H2,1H3,(H2,60,82)(H,63,75)(H,65,84)(H,66,76)(H,67,78)(H,68,77)(H,69,83)(H,80,81)(H4,61,62,64)/t38?,39-,41-,42-,43+,44-,48?/m0/s1. The third-order valence-electron chi connectivity index (χ3n) is 14.5. The highest BCUT2D eigenvalue weighted by atomic mass is 32.2. The van der Waals surface area contributed by atoms with Crippen molar-refractivity contribution >= 4 is 94.2 Å². The van der Waals surface area contributed by atoms with Crippen molar-refractivity contribution in [2.24, 2.45) is 34.0 Å². The summed E-state index contributed by atoms with van der Waals surface area (Å²) in [5.41, 5.74) is 18.0. The second kappa shape index (κ2) is 37.3. The average Bonchev–Trinajstić information content (AvgIpc) is 3.45. The van der Waals surface area contributed by atoms with E-state index < -0.39 is 125 Å². The minimum Gasteiger partial charge on any atom is -0.508 e. The van der Waals surface area contributed by atoms with Gasteiger partial charge < -0.3 is 59.3 Å². The SMILES string of the molecule is CCCC(=O)N[C@@H](Cc1ccc(O)cc1)C(=O)CCCCCCC(=O)N[C@@H](CSC1CC(=O)N(CCC(=O)NCCCCC2CC(=O)[C@@H](Cc3ccccc3)CC(=O)[C@@H](CC(=O)O)NC(=O)CNC(=O)[C@H](CCCN=C(N)N)NC2=O)C1=O)C(N)=O. The molecule has 26 nitrogen and oxygen atoms in total. The van der Waals surface area contributed by atoms with Crippen LogP contribution in [0.3, 0.4) is 0 Å². The molecule has 0 spiro atoms. The number of nitrogens with two attached hydrogens (primary N) is 3. The van der Waals surface area contributed by atoms with Crippen molar-refractivity contribution in [1.82, 2.24) is 36.8 Å². The summed E-state index contributed by atoms with van der Waals surface area (Å²) in [6.07, 6.45) is 2.55. The van der Waals surface area contributed by atoms with Crippen LogP contribution in [0.1, 0.15) is 134 Å². The van der Waals surface area contributed by atoms with Gasteiger partial charge in [0.15, 0.2) is 17.5 Å². The first-order valence-corrected chi connectivity index (χ1v) is 30.2. The van der Waals surface area contributed by atoms with E-state index in [0.717, 1.165) is 22.2 Å². The largest absolute Gasteiger partial charge is 0.508 e. The van der Waals surface area contributed by atoms with E-state index in [1.807, 2.05) is 6.92 Å². The summed E-state index contributed by atoms with van der Waals surface area (Å²) in [7, 11) is 0. The summed E-state index contributed by atoms with van der Waals surface area (Å²) >= 11 is 0.979. The third-order valence-corrected chi connectivity index (χ3v) is 15.8. The van der Waals surface area contributed by atoms with E-state index in [2.05, 4.69) is 36.9 Å². The zero-order valence-corrected chi connectivity index (χ0v) is 49.5. The number of carboxylic acids is 1. The maximum absolute atomic E-state index is 14.3. The summed E-state index contributed by atoms with van der Waals surface area (Å²) in [5, 5.41) is 34.0. The zero-order valence-electron chi connectivity index (χ0n) is 48.7. The van der Waals surface area contributed by atoms with Gasteiger partial charge >= 0.3 is 5.97 Å². The van der Waals surface area contributed by atoms with E-state index in [0.29, 0.717) is 44.1 Å². The number of carboxylic acid groups (broad SMARTS) is 1. The van der Waals surface area contributed by atoms with E-state index >= 15 is 0 Å². The van der Waals surface area contributed by atoms with E-state index in [9.17, 15) is 72.5 Å². The van der Waals surface area contributed by atoms with Gasteiger partial charge in [-0.2, -0.15) is 0 Å². The molecule has 0 aliphatic carbocycles. The highest BCUT2D eigenvalue weighted by molar-refractivity contribution is 8.00. The van der Waals surface area contributed by atoms with E-state index in [4.69, 9.17) is 17.2 Å². The lowest BCUT2D eigenvalue weighted by molar-refractivity contribution is -0.141. The Morgan fingerprint density at radius 1 is 0.698 bits per heavy atom. The van der Waals surface area contributed by atoms with E-state index in [1.165, 1.54) is 12.1 Å². The summed E-state index contributed by atoms with van der Waals surface area (Å²) in [6, 6.07) is 10.5. The number of rotatable bonds is 34. The monoisotopic (exact) mass is 1220 g/mol. The van der Waals surface area contributed by atoms with Crippen molar-refractivity contribution in [3.63, 3.8) is 0 Å². The minimum atomic E-state index is -1.52. The van der Waals surface area contributed by atoms with Gasteiger partial charge in [-0.3, -0.25) is 72.2 Å². The lowest BCUT2D eigenvalue weighted by atomic mass is 9.83. The number of carbonyl (C=O) groups excluding carboxylic acids is 12. The summed E-state index contributed by atoms with van der Waals surface area (Å²) < 4.78 is 0. The Bertz CT molecular complexity index is 2730. The number of primary amides is 1. The smallest absolute Gasteiger partial charge is 0.305 e. The van der Waals surface area contributed by atoms with Crippen molar-refractivity contribution in [3.8, 4) is 5.75 Å². The van der Waals surface area contributed by atoms with Gasteiger partial charge in [-0.25, -0.2) is 0 Å². The molecule has 2 fully saturated rings. The maximum Gasteiger partial charge on any atom is 0.305 e. The number of Topliss-reactive ketones (excluding diaryl/α,β-unsaturated/α-hetero) is 3. The molecular formula is C59H83N11O15S. The number of ketones is 3. The number of thioether (sulfide) groups is 1. The predicted octanol–water partition coefficient (Wildman–Crippen LogP) is 0.658. The topological polar surface area (TPSA) is 428 Å². The highest BCUT2D eigenvalue weighted by Crippen LogP contribution is 2.27. The molecule has 2 aliphatic heterocycles. The van der Waals surface area contributed by atoms with Crippen molar-refractivity contribution in [1.29, 1.82) is 0 Å². The van der Waals surface area contributed by atoms with Gasteiger partial charge in [0.1, 0.15) is 23.6 Å². The van der Waals surface area contributed by atoms with Crippen molar-refractivity contribution in [2.45, 2.75) is 165 Å². The zero-order chi connectivity index (χ0) is 63.1.